The highest BCUT2D eigenvalue weighted by atomic mass is 16.6. The highest BCUT2D eigenvalue weighted by molar-refractivity contribution is 5.75. The van der Waals surface area contributed by atoms with Gasteiger partial charge in [0.05, 0.1) is 18.6 Å². The zero-order chi connectivity index (χ0) is 28.3. The van der Waals surface area contributed by atoms with E-state index in [9.17, 15) is 19.8 Å². The van der Waals surface area contributed by atoms with E-state index in [1.165, 1.54) is 5.56 Å². The van der Waals surface area contributed by atoms with E-state index in [1.54, 1.807) is 0 Å². The Kier molecular flexibility index (Phi) is 9.22. The molecule has 1 aromatic rings. The predicted octanol–water partition coefficient (Wildman–Crippen LogP) is 5.03. The average molecular weight is 541 g/mol. The van der Waals surface area contributed by atoms with E-state index >= 15 is 0 Å². The molecule has 4 rings (SSSR count). The number of hydrogen-bond acceptors (Lipinski definition) is 7. The summed E-state index contributed by atoms with van der Waals surface area (Å²) < 4.78 is 17.7. The number of cyclic esters (lactones) is 1. The van der Waals surface area contributed by atoms with Crippen molar-refractivity contribution in [2.24, 2.45) is 17.8 Å². The maximum atomic E-state index is 13.4. The van der Waals surface area contributed by atoms with Crippen LogP contribution in [0.2, 0.25) is 0 Å². The number of rotatable bonds is 8. The van der Waals surface area contributed by atoms with Crippen LogP contribution in [0.15, 0.2) is 48.1 Å². The van der Waals surface area contributed by atoms with Crippen molar-refractivity contribution < 1.29 is 34.0 Å². The fourth-order valence-electron chi connectivity index (χ4n) is 6.12. The molecule has 1 unspecified atom stereocenters. The van der Waals surface area contributed by atoms with Crippen LogP contribution in [-0.2, 0) is 24.5 Å². The number of hydrogen-bond donors (Lipinski definition) is 2. The first-order valence-corrected chi connectivity index (χ1v) is 14.4. The number of allylic oxidation sites excluding steroid dienone is 2. The van der Waals surface area contributed by atoms with Gasteiger partial charge in [-0.2, -0.15) is 0 Å². The van der Waals surface area contributed by atoms with Crippen LogP contribution < -0.4 is 4.74 Å². The average Bonchev–Trinajstić information content (AvgIpc) is 2.86. The normalized spacial score (nSPS) is 31.5. The van der Waals surface area contributed by atoms with Crippen molar-refractivity contribution in [2.45, 2.75) is 109 Å². The highest BCUT2D eigenvalue weighted by Crippen LogP contribution is 2.44. The maximum absolute atomic E-state index is 13.4. The molecular formula is C32H44O7. The number of aliphatic hydroxyl groups is 2. The number of ether oxygens (including phenoxy) is 3. The smallest absolute Gasteiger partial charge is 0.347 e. The van der Waals surface area contributed by atoms with Gasteiger partial charge in [0.1, 0.15) is 18.0 Å². The van der Waals surface area contributed by atoms with Crippen LogP contribution >= 0.6 is 0 Å². The van der Waals surface area contributed by atoms with Crippen molar-refractivity contribution >= 4 is 11.9 Å². The minimum absolute atomic E-state index is 0.0230. The Morgan fingerprint density at radius 3 is 2.49 bits per heavy atom. The van der Waals surface area contributed by atoms with E-state index < -0.39 is 30.4 Å². The van der Waals surface area contributed by atoms with Gasteiger partial charge in [0, 0.05) is 18.8 Å². The molecule has 3 aliphatic rings. The van der Waals surface area contributed by atoms with Crippen LogP contribution in [0.5, 0.6) is 5.75 Å². The molecule has 7 heteroatoms. The summed E-state index contributed by atoms with van der Waals surface area (Å²) in [5.74, 6) is 0.100. The molecule has 0 spiro atoms. The summed E-state index contributed by atoms with van der Waals surface area (Å²) in [5.41, 5.74) is 2.18. The van der Waals surface area contributed by atoms with E-state index in [4.69, 9.17) is 14.2 Å². The van der Waals surface area contributed by atoms with E-state index in [0.29, 0.717) is 31.4 Å². The number of fused-ring (bicyclic) bond motifs is 1. The summed E-state index contributed by atoms with van der Waals surface area (Å²) in [5, 5.41) is 20.6. The Labute approximate surface area is 232 Å². The van der Waals surface area contributed by atoms with Gasteiger partial charge < -0.3 is 24.4 Å². The zero-order valence-corrected chi connectivity index (χ0v) is 23.8. The molecule has 1 saturated heterocycles. The van der Waals surface area contributed by atoms with Crippen molar-refractivity contribution in [1.29, 1.82) is 0 Å². The zero-order valence-electron chi connectivity index (χ0n) is 23.8. The summed E-state index contributed by atoms with van der Waals surface area (Å²) in [7, 11) is 0. The molecule has 0 amide bonds. The topological polar surface area (TPSA) is 102 Å². The van der Waals surface area contributed by atoms with Gasteiger partial charge in [0.2, 0.25) is 0 Å². The van der Waals surface area contributed by atoms with Crippen molar-refractivity contribution in [3.8, 4) is 5.75 Å². The number of esters is 2. The Balaban J connectivity index is 1.46. The largest absolute Gasteiger partial charge is 0.479 e. The quantitative estimate of drug-likeness (QED) is 0.446. The summed E-state index contributed by atoms with van der Waals surface area (Å²) in [6.07, 6.45) is 5.74. The lowest BCUT2D eigenvalue weighted by Crippen LogP contribution is -2.44. The molecule has 2 N–H and O–H groups in total. The fraction of sp³-hybridized carbons (Fsp3) is 0.625. The molecule has 0 saturated carbocycles. The molecule has 7 nitrogen and oxygen atoms in total. The molecule has 0 bridgehead atoms. The van der Waals surface area contributed by atoms with Gasteiger partial charge in [-0.05, 0) is 59.8 Å². The Morgan fingerprint density at radius 1 is 1.13 bits per heavy atom. The molecular weight excluding hydrogens is 496 g/mol. The lowest BCUT2D eigenvalue weighted by atomic mass is 9.66. The number of aliphatic hydroxyl groups excluding tert-OH is 2. The van der Waals surface area contributed by atoms with E-state index in [1.807, 2.05) is 43.3 Å². The van der Waals surface area contributed by atoms with Gasteiger partial charge in [-0.3, -0.25) is 4.79 Å². The van der Waals surface area contributed by atoms with Gasteiger partial charge >= 0.3 is 11.9 Å². The first-order valence-electron chi connectivity index (χ1n) is 14.4. The van der Waals surface area contributed by atoms with Gasteiger partial charge in [-0.15, -0.1) is 0 Å². The SMILES string of the molecule is CCC(Oc1ccc(C(C)(C)C)cc1)C(=O)O[C@H]1C[C@H](O)C=C2C=C[C@H](C)[C@H](CC[C@@H]3C[C@@H](O)CC(=O)O3)[C@H]21. The second-order valence-electron chi connectivity index (χ2n) is 12.4. The van der Waals surface area contributed by atoms with Gasteiger partial charge in [-0.25, -0.2) is 4.79 Å². The van der Waals surface area contributed by atoms with Crippen molar-refractivity contribution in [1.82, 2.24) is 0 Å². The van der Waals surface area contributed by atoms with Crippen LogP contribution in [0.1, 0.15) is 78.7 Å². The Morgan fingerprint density at radius 2 is 1.85 bits per heavy atom. The molecule has 0 aromatic heterocycles. The Bertz CT molecular complexity index is 1070. The molecule has 39 heavy (non-hydrogen) atoms. The second kappa shape index (κ2) is 12.3. The molecule has 1 heterocycles. The highest BCUT2D eigenvalue weighted by Gasteiger charge is 2.43. The first kappa shape index (κ1) is 29.3. The molecule has 8 atom stereocenters. The molecule has 0 radical (unpaired) electrons. The first-order chi connectivity index (χ1) is 18.4. The molecule has 1 aromatic carbocycles. The molecule has 2 aliphatic carbocycles. The summed E-state index contributed by atoms with van der Waals surface area (Å²) >= 11 is 0. The minimum Gasteiger partial charge on any atom is -0.479 e. The summed E-state index contributed by atoms with van der Waals surface area (Å²) in [6.45, 7) is 10.5. The second-order valence-corrected chi connectivity index (χ2v) is 12.4. The van der Waals surface area contributed by atoms with Crippen LogP contribution in [0, 0.1) is 17.8 Å². The third-order valence-corrected chi connectivity index (χ3v) is 8.33. The lowest BCUT2D eigenvalue weighted by molar-refractivity contribution is -0.165. The molecule has 1 fully saturated rings. The lowest BCUT2D eigenvalue weighted by Gasteiger charge is -2.43. The van der Waals surface area contributed by atoms with Crippen LogP contribution in [-0.4, -0.2) is 52.7 Å². The minimum atomic E-state index is -0.755. The van der Waals surface area contributed by atoms with E-state index in [2.05, 4.69) is 33.8 Å². The summed E-state index contributed by atoms with van der Waals surface area (Å²) in [4.78, 5) is 25.2. The fourth-order valence-corrected chi connectivity index (χ4v) is 6.12. The predicted molar refractivity (Wildman–Crippen MR) is 148 cm³/mol. The van der Waals surface area contributed by atoms with Gasteiger partial charge in [0.25, 0.3) is 0 Å². The Hall–Kier alpha value is -2.64. The number of carbonyl (C=O) groups is 2. The standard InChI is InChI=1S/C32H44O7/c1-6-27(37-24-11-9-21(10-12-24)32(3,4)5)31(36)39-28-17-22(33)15-20-8-7-19(2)26(30(20)28)14-13-25-16-23(34)18-29(35)38-25/h7-12,15,19,22-23,25-28,30,33-34H,6,13-14,16-18H2,1-5H3/t19-,22+,23+,25+,26-,27?,28-,30-/m0/s1. The van der Waals surface area contributed by atoms with Crippen LogP contribution in [0.25, 0.3) is 0 Å². The third kappa shape index (κ3) is 7.31. The van der Waals surface area contributed by atoms with Gasteiger partial charge in [0.15, 0.2) is 6.10 Å². The summed E-state index contributed by atoms with van der Waals surface area (Å²) in [6, 6.07) is 7.82. The van der Waals surface area contributed by atoms with E-state index in [0.717, 1.165) is 12.0 Å². The van der Waals surface area contributed by atoms with Gasteiger partial charge in [-0.1, -0.05) is 65.0 Å². The number of carbonyl (C=O) groups excluding carboxylic acids is 2. The molecule has 1 aliphatic heterocycles. The monoisotopic (exact) mass is 540 g/mol. The van der Waals surface area contributed by atoms with Crippen molar-refractivity contribution in [2.75, 3.05) is 0 Å². The van der Waals surface area contributed by atoms with Crippen molar-refractivity contribution in [3.05, 3.63) is 53.6 Å². The third-order valence-electron chi connectivity index (χ3n) is 8.33. The van der Waals surface area contributed by atoms with E-state index in [-0.39, 0.29) is 41.7 Å². The number of benzene rings is 1. The van der Waals surface area contributed by atoms with Crippen LogP contribution in [0.4, 0.5) is 0 Å². The molecule has 214 valence electrons. The van der Waals surface area contributed by atoms with Crippen molar-refractivity contribution in [3.63, 3.8) is 0 Å². The maximum Gasteiger partial charge on any atom is 0.347 e. The van der Waals surface area contributed by atoms with Crippen LogP contribution in [0.3, 0.4) is 0 Å².